The minimum Gasteiger partial charge on any atom is -0.344 e. The Morgan fingerprint density at radius 3 is 2.65 bits per heavy atom. The van der Waals surface area contributed by atoms with E-state index in [1.165, 1.54) is 11.3 Å². The van der Waals surface area contributed by atoms with Crippen LogP contribution in [0.25, 0.3) is 0 Å². The summed E-state index contributed by atoms with van der Waals surface area (Å²) in [6.45, 7) is 0.0712. The Labute approximate surface area is 160 Å². The molecule has 2 aromatic heterocycles. The van der Waals surface area contributed by atoms with E-state index >= 15 is 0 Å². The molecule has 8 nitrogen and oxygen atoms in total. The van der Waals surface area contributed by atoms with Crippen molar-refractivity contribution in [2.24, 2.45) is 0 Å². The Kier molecular flexibility index (Phi) is 5.64. The van der Waals surface area contributed by atoms with Crippen LogP contribution in [-0.2, 0) is 17.8 Å². The molecule has 10 heteroatoms. The lowest BCUT2D eigenvalue weighted by Crippen LogP contribution is -2.24. The number of rotatable bonds is 6. The van der Waals surface area contributed by atoms with Crippen molar-refractivity contribution in [2.75, 3.05) is 5.32 Å². The van der Waals surface area contributed by atoms with E-state index < -0.39 is 5.69 Å². The average Bonchev–Trinajstić information content (AvgIpc) is 3.23. The minimum atomic E-state index is -0.439. The molecule has 134 valence electrons. The highest BCUT2D eigenvalue weighted by Crippen LogP contribution is 2.22. The smallest absolute Gasteiger partial charge is 0.340 e. The molecule has 2 amide bonds. The van der Waals surface area contributed by atoms with Crippen molar-refractivity contribution in [2.45, 2.75) is 13.0 Å². The molecule has 0 aliphatic carbocycles. The average molecular weight is 436 g/mol. The first kappa shape index (κ1) is 18.1. The van der Waals surface area contributed by atoms with Crippen molar-refractivity contribution in [3.8, 4) is 0 Å². The summed E-state index contributed by atoms with van der Waals surface area (Å²) in [5.41, 5.74) is 0.880. The summed E-state index contributed by atoms with van der Waals surface area (Å²) in [6.07, 6.45) is 0.207. The van der Waals surface area contributed by atoms with Gasteiger partial charge in [-0.05, 0) is 29.1 Å². The van der Waals surface area contributed by atoms with E-state index in [0.717, 1.165) is 10.0 Å². The molecule has 0 fully saturated rings. The van der Waals surface area contributed by atoms with Crippen molar-refractivity contribution in [3.63, 3.8) is 0 Å². The highest BCUT2D eigenvalue weighted by Gasteiger charge is 2.16. The lowest BCUT2D eigenvalue weighted by atomic mass is 10.1. The van der Waals surface area contributed by atoms with Gasteiger partial charge in [-0.2, -0.15) is 5.10 Å². The summed E-state index contributed by atoms with van der Waals surface area (Å²) >= 11 is 4.56. The van der Waals surface area contributed by atoms with E-state index in [1.807, 2.05) is 24.3 Å². The fourth-order valence-electron chi connectivity index (χ4n) is 2.20. The number of H-pyrrole nitrogens is 2. The number of anilines is 1. The van der Waals surface area contributed by atoms with Gasteiger partial charge in [0.15, 0.2) is 0 Å². The van der Waals surface area contributed by atoms with Gasteiger partial charge in [0.25, 0.3) is 5.91 Å². The molecular weight excluding hydrogens is 422 g/mol. The van der Waals surface area contributed by atoms with Crippen molar-refractivity contribution in [1.82, 2.24) is 20.5 Å². The number of halogens is 1. The van der Waals surface area contributed by atoms with Crippen LogP contribution in [-0.4, -0.2) is 27.0 Å². The summed E-state index contributed by atoms with van der Waals surface area (Å²) in [5, 5.41) is 13.1. The number of carbonyl (C=O) groups excluding carboxylic acids is 2. The molecule has 3 rings (SSSR count). The van der Waals surface area contributed by atoms with E-state index in [2.05, 4.69) is 41.7 Å². The Balaban J connectivity index is 1.60. The molecule has 0 atom stereocenters. The van der Waals surface area contributed by atoms with Gasteiger partial charge >= 0.3 is 5.69 Å². The summed E-state index contributed by atoms with van der Waals surface area (Å²) in [5.74, 6) is -0.250. The van der Waals surface area contributed by atoms with E-state index in [-0.39, 0.29) is 24.8 Å². The number of aromatic amines is 2. The molecule has 1 aromatic carbocycles. The molecule has 26 heavy (non-hydrogen) atoms. The van der Waals surface area contributed by atoms with Gasteiger partial charge in [0.05, 0.1) is 18.7 Å². The number of carbonyl (C=O) groups is 2. The van der Waals surface area contributed by atoms with Crippen molar-refractivity contribution in [3.05, 3.63) is 66.9 Å². The predicted octanol–water partition coefficient (Wildman–Crippen LogP) is 2.03. The summed E-state index contributed by atoms with van der Waals surface area (Å²) in [7, 11) is 0. The second-order valence-electron chi connectivity index (χ2n) is 5.32. The number of aromatic nitrogens is 3. The van der Waals surface area contributed by atoms with E-state index in [9.17, 15) is 14.4 Å². The molecule has 0 bridgehead atoms. The largest absolute Gasteiger partial charge is 0.344 e. The van der Waals surface area contributed by atoms with Crippen LogP contribution in [0, 0.1) is 0 Å². The second-order valence-corrected chi connectivity index (χ2v) is 7.15. The third-order valence-corrected chi connectivity index (χ3v) is 4.83. The third-order valence-electron chi connectivity index (χ3n) is 3.39. The summed E-state index contributed by atoms with van der Waals surface area (Å²) in [6, 6.07) is 9.12. The van der Waals surface area contributed by atoms with Crippen LogP contribution in [0.4, 0.5) is 5.69 Å². The number of hydrogen-bond acceptors (Lipinski definition) is 5. The Morgan fingerprint density at radius 2 is 1.96 bits per heavy atom. The molecule has 0 aliphatic heterocycles. The van der Waals surface area contributed by atoms with Crippen LogP contribution in [0.15, 0.2) is 45.0 Å². The fourth-order valence-corrected chi connectivity index (χ4v) is 3.23. The standard InChI is InChI=1S/C16H14BrN5O3S/c17-10-3-1-9(2-4-10)7-13(23)19-11-5-6-26-14(11)15(24)18-8-12-20-16(25)22-21-12/h1-6H,7-8H2,(H,18,24)(H,19,23)(H2,20,21,22,25). The SMILES string of the molecule is O=C(Cc1ccc(Br)cc1)Nc1ccsc1C(=O)NCc1n[nH]c(=O)[nH]1. The molecule has 4 N–H and O–H groups in total. The first-order valence-corrected chi connectivity index (χ1v) is 9.22. The molecule has 0 radical (unpaired) electrons. The highest BCUT2D eigenvalue weighted by atomic mass is 79.9. The van der Waals surface area contributed by atoms with Crippen LogP contribution >= 0.6 is 27.3 Å². The van der Waals surface area contributed by atoms with Gasteiger partial charge in [-0.3, -0.25) is 14.6 Å². The zero-order valence-electron chi connectivity index (χ0n) is 13.3. The van der Waals surface area contributed by atoms with Crippen LogP contribution < -0.4 is 16.3 Å². The number of hydrogen-bond donors (Lipinski definition) is 4. The molecule has 0 unspecified atom stereocenters. The molecule has 0 aliphatic rings. The summed E-state index contributed by atoms with van der Waals surface area (Å²) in [4.78, 5) is 38.3. The molecule has 3 aromatic rings. The number of nitrogens with zero attached hydrogens (tertiary/aromatic N) is 1. The predicted molar refractivity (Wildman–Crippen MR) is 101 cm³/mol. The quantitative estimate of drug-likeness (QED) is 0.473. The molecule has 0 spiro atoms. The first-order valence-electron chi connectivity index (χ1n) is 7.55. The lowest BCUT2D eigenvalue weighted by molar-refractivity contribution is -0.115. The maximum atomic E-state index is 12.3. The van der Waals surface area contributed by atoms with Crippen molar-refractivity contribution < 1.29 is 9.59 Å². The van der Waals surface area contributed by atoms with Gasteiger partial charge in [-0.15, -0.1) is 11.3 Å². The Morgan fingerprint density at radius 1 is 1.19 bits per heavy atom. The van der Waals surface area contributed by atoms with E-state index in [1.54, 1.807) is 11.4 Å². The van der Waals surface area contributed by atoms with Crippen molar-refractivity contribution in [1.29, 1.82) is 0 Å². The fraction of sp³-hybridized carbons (Fsp3) is 0.125. The van der Waals surface area contributed by atoms with Crippen LogP contribution in [0.2, 0.25) is 0 Å². The monoisotopic (exact) mass is 435 g/mol. The number of amides is 2. The van der Waals surface area contributed by atoms with Crippen LogP contribution in [0.3, 0.4) is 0 Å². The van der Waals surface area contributed by atoms with E-state index in [4.69, 9.17) is 0 Å². The van der Waals surface area contributed by atoms with Crippen LogP contribution in [0.5, 0.6) is 0 Å². The minimum absolute atomic E-state index is 0.0712. The van der Waals surface area contributed by atoms with Gasteiger partial charge in [0, 0.05) is 4.47 Å². The second kappa shape index (κ2) is 8.11. The summed E-state index contributed by atoms with van der Waals surface area (Å²) < 4.78 is 0.941. The maximum Gasteiger partial charge on any atom is 0.340 e. The zero-order valence-corrected chi connectivity index (χ0v) is 15.7. The van der Waals surface area contributed by atoms with Gasteiger partial charge in [0.1, 0.15) is 10.7 Å². The lowest BCUT2D eigenvalue weighted by Gasteiger charge is -2.07. The highest BCUT2D eigenvalue weighted by molar-refractivity contribution is 9.10. The van der Waals surface area contributed by atoms with Crippen LogP contribution in [0.1, 0.15) is 21.1 Å². The maximum absolute atomic E-state index is 12.3. The number of nitrogens with one attached hydrogen (secondary N) is 4. The molecule has 2 heterocycles. The van der Waals surface area contributed by atoms with Gasteiger partial charge < -0.3 is 10.6 Å². The molecule has 0 saturated heterocycles. The Hall–Kier alpha value is -2.72. The van der Waals surface area contributed by atoms with Gasteiger partial charge in [-0.1, -0.05) is 28.1 Å². The van der Waals surface area contributed by atoms with Gasteiger partial charge in [0.2, 0.25) is 5.91 Å². The first-order chi connectivity index (χ1) is 12.5. The van der Waals surface area contributed by atoms with E-state index in [0.29, 0.717) is 16.4 Å². The zero-order chi connectivity index (χ0) is 18.5. The van der Waals surface area contributed by atoms with Gasteiger partial charge in [-0.25, -0.2) is 9.89 Å². The molecular formula is C16H14BrN5O3S. The number of benzene rings is 1. The third kappa shape index (κ3) is 4.67. The topological polar surface area (TPSA) is 120 Å². The number of thiophene rings is 1. The Bertz CT molecular complexity index is 976. The molecule has 0 saturated carbocycles. The van der Waals surface area contributed by atoms with Crippen molar-refractivity contribution >= 4 is 44.8 Å². The normalized spacial score (nSPS) is 10.5.